The Morgan fingerprint density at radius 2 is 1.56 bits per heavy atom. The van der Waals surface area contributed by atoms with Gasteiger partial charge in [0.2, 0.25) is 9.84 Å². The first-order chi connectivity index (χ1) is 16.3. The molecule has 0 spiro atoms. The SMILES string of the molecule is CCC(C)c1ccc(-n2c(N)c(S(=O)(=O)c3ccc(F)cc3)c3nc4ccccc4nc32)cc1. The molecule has 3 aromatic carbocycles. The highest BCUT2D eigenvalue weighted by atomic mass is 32.2. The smallest absolute Gasteiger partial charge is 0.212 e. The first-order valence-electron chi connectivity index (χ1n) is 11.0. The number of aromatic nitrogens is 3. The van der Waals surface area contributed by atoms with Gasteiger partial charge in [0.15, 0.2) is 5.65 Å². The molecule has 8 heteroatoms. The second kappa shape index (κ2) is 8.22. The van der Waals surface area contributed by atoms with E-state index in [0.717, 1.165) is 18.6 Å². The molecule has 1 atom stereocenters. The fourth-order valence-corrected chi connectivity index (χ4v) is 5.57. The Kier molecular flexibility index (Phi) is 5.32. The number of halogens is 1. The highest BCUT2D eigenvalue weighted by molar-refractivity contribution is 7.92. The summed E-state index contributed by atoms with van der Waals surface area (Å²) in [6.07, 6.45) is 1.01. The molecule has 5 aromatic rings. The summed E-state index contributed by atoms with van der Waals surface area (Å²) in [6.45, 7) is 4.28. The summed E-state index contributed by atoms with van der Waals surface area (Å²) < 4.78 is 42.4. The second-order valence-electron chi connectivity index (χ2n) is 8.29. The van der Waals surface area contributed by atoms with Crippen LogP contribution < -0.4 is 5.73 Å². The van der Waals surface area contributed by atoms with Crippen molar-refractivity contribution < 1.29 is 12.8 Å². The lowest BCUT2D eigenvalue weighted by Gasteiger charge is -2.12. The topological polar surface area (TPSA) is 90.9 Å². The third-order valence-electron chi connectivity index (χ3n) is 6.18. The Morgan fingerprint density at radius 1 is 0.941 bits per heavy atom. The lowest BCUT2D eigenvalue weighted by molar-refractivity contribution is 0.595. The highest BCUT2D eigenvalue weighted by Crippen LogP contribution is 2.37. The summed E-state index contributed by atoms with van der Waals surface area (Å²) in [5.41, 5.74) is 10.1. The van der Waals surface area contributed by atoms with E-state index in [2.05, 4.69) is 18.8 Å². The largest absolute Gasteiger partial charge is 0.384 e. The van der Waals surface area contributed by atoms with Gasteiger partial charge < -0.3 is 5.73 Å². The molecule has 0 fully saturated rings. The maximum Gasteiger partial charge on any atom is 0.212 e. The van der Waals surface area contributed by atoms with E-state index in [9.17, 15) is 12.8 Å². The molecule has 0 radical (unpaired) electrons. The van der Waals surface area contributed by atoms with Crippen molar-refractivity contribution >= 4 is 37.9 Å². The van der Waals surface area contributed by atoms with Crippen molar-refractivity contribution in [3.05, 3.63) is 84.2 Å². The molecule has 5 rings (SSSR count). The van der Waals surface area contributed by atoms with Crippen LogP contribution in [0.25, 0.3) is 27.9 Å². The number of rotatable bonds is 5. The number of hydrogen-bond donors (Lipinski definition) is 1. The molecular formula is C26H23FN4O2S. The van der Waals surface area contributed by atoms with Gasteiger partial charge in [0.25, 0.3) is 0 Å². The zero-order valence-electron chi connectivity index (χ0n) is 18.7. The summed E-state index contributed by atoms with van der Waals surface area (Å²) in [7, 11) is -4.11. The van der Waals surface area contributed by atoms with E-state index in [0.29, 0.717) is 28.3 Å². The van der Waals surface area contributed by atoms with E-state index in [1.165, 1.54) is 17.7 Å². The molecule has 0 amide bonds. The molecule has 0 aliphatic rings. The number of benzene rings is 3. The Balaban J connectivity index is 1.82. The zero-order chi connectivity index (χ0) is 24.0. The van der Waals surface area contributed by atoms with Crippen molar-refractivity contribution in [3.8, 4) is 5.69 Å². The predicted molar refractivity (Wildman–Crippen MR) is 131 cm³/mol. The van der Waals surface area contributed by atoms with Crippen molar-refractivity contribution in [3.63, 3.8) is 0 Å². The van der Waals surface area contributed by atoms with Crippen molar-refractivity contribution in [2.75, 3.05) is 5.73 Å². The number of hydrogen-bond acceptors (Lipinski definition) is 5. The maximum absolute atomic E-state index is 13.7. The molecule has 0 aliphatic heterocycles. The molecule has 2 aromatic heterocycles. The van der Waals surface area contributed by atoms with E-state index in [4.69, 9.17) is 10.7 Å². The van der Waals surface area contributed by atoms with Gasteiger partial charge in [0.1, 0.15) is 22.0 Å². The minimum atomic E-state index is -4.11. The number of fused-ring (bicyclic) bond motifs is 2. The van der Waals surface area contributed by atoms with Crippen LogP contribution in [0.15, 0.2) is 82.6 Å². The molecule has 6 nitrogen and oxygen atoms in total. The standard InChI is InChI=1S/C26H23FN4O2S/c1-3-16(2)17-8-12-19(13-9-17)31-25(28)24(34(32,33)20-14-10-18(27)11-15-20)23-26(31)30-22-7-5-4-6-21(22)29-23/h4-16H,3,28H2,1-2H3. The van der Waals surface area contributed by atoms with Gasteiger partial charge in [-0.15, -0.1) is 0 Å². The summed E-state index contributed by atoms with van der Waals surface area (Å²) in [5, 5.41) is 0. The van der Waals surface area contributed by atoms with Crippen LogP contribution in [0, 0.1) is 5.82 Å². The van der Waals surface area contributed by atoms with Crippen LogP contribution in [0.1, 0.15) is 31.7 Å². The second-order valence-corrected chi connectivity index (χ2v) is 10.2. The molecular weight excluding hydrogens is 451 g/mol. The van der Waals surface area contributed by atoms with Crippen molar-refractivity contribution in [2.45, 2.75) is 36.0 Å². The van der Waals surface area contributed by atoms with Crippen molar-refractivity contribution in [1.82, 2.24) is 14.5 Å². The first-order valence-corrected chi connectivity index (χ1v) is 12.5. The van der Waals surface area contributed by atoms with Gasteiger partial charge in [0.05, 0.1) is 15.9 Å². The van der Waals surface area contributed by atoms with Gasteiger partial charge in [-0.3, -0.25) is 4.57 Å². The number of nitrogen functional groups attached to an aromatic ring is 1. The average molecular weight is 475 g/mol. The Morgan fingerprint density at radius 3 is 2.18 bits per heavy atom. The fraction of sp³-hybridized carbons (Fsp3) is 0.154. The predicted octanol–water partition coefficient (Wildman–Crippen LogP) is 5.64. The summed E-state index contributed by atoms with van der Waals surface area (Å²) in [4.78, 5) is 9.15. The van der Waals surface area contributed by atoms with E-state index in [1.807, 2.05) is 42.5 Å². The van der Waals surface area contributed by atoms with E-state index in [1.54, 1.807) is 10.6 Å². The molecule has 34 heavy (non-hydrogen) atoms. The zero-order valence-corrected chi connectivity index (χ0v) is 19.6. The maximum atomic E-state index is 13.7. The Bertz CT molecular complexity index is 1630. The van der Waals surface area contributed by atoms with Crippen molar-refractivity contribution in [1.29, 1.82) is 0 Å². The minimum absolute atomic E-state index is 0.00548. The number of sulfone groups is 1. The average Bonchev–Trinajstić information content (AvgIpc) is 3.13. The van der Waals surface area contributed by atoms with Gasteiger partial charge in [-0.05, 0) is 66.4 Å². The quantitative estimate of drug-likeness (QED) is 0.333. The van der Waals surface area contributed by atoms with E-state index >= 15 is 0 Å². The lowest BCUT2D eigenvalue weighted by atomic mass is 9.99. The third kappa shape index (κ3) is 3.51. The number of para-hydroxylation sites is 2. The third-order valence-corrected chi connectivity index (χ3v) is 8.01. The van der Waals surface area contributed by atoms with Crippen LogP contribution in [0.4, 0.5) is 10.2 Å². The van der Waals surface area contributed by atoms with Gasteiger partial charge in [0, 0.05) is 5.69 Å². The molecule has 0 saturated heterocycles. The van der Waals surface area contributed by atoms with E-state index in [-0.39, 0.29) is 21.1 Å². The number of anilines is 1. The summed E-state index contributed by atoms with van der Waals surface area (Å²) >= 11 is 0. The molecule has 2 N–H and O–H groups in total. The fourth-order valence-electron chi connectivity index (χ4n) is 4.08. The highest BCUT2D eigenvalue weighted by Gasteiger charge is 2.30. The van der Waals surface area contributed by atoms with Gasteiger partial charge in [-0.2, -0.15) is 0 Å². The van der Waals surface area contributed by atoms with Crippen LogP contribution in [0.2, 0.25) is 0 Å². The van der Waals surface area contributed by atoms with Crippen LogP contribution in [-0.2, 0) is 9.84 Å². The molecule has 1 unspecified atom stereocenters. The minimum Gasteiger partial charge on any atom is -0.384 e. The van der Waals surface area contributed by atoms with Crippen LogP contribution in [0.5, 0.6) is 0 Å². The van der Waals surface area contributed by atoms with Gasteiger partial charge in [-0.1, -0.05) is 38.1 Å². The first kappa shape index (κ1) is 22.0. The Hall–Kier alpha value is -3.78. The van der Waals surface area contributed by atoms with Crippen LogP contribution in [0.3, 0.4) is 0 Å². The molecule has 172 valence electrons. The van der Waals surface area contributed by atoms with Gasteiger partial charge >= 0.3 is 0 Å². The number of nitrogens with zero attached hydrogens (tertiary/aromatic N) is 3. The molecule has 0 saturated carbocycles. The molecule has 0 bridgehead atoms. The monoisotopic (exact) mass is 474 g/mol. The lowest BCUT2D eigenvalue weighted by Crippen LogP contribution is -2.07. The van der Waals surface area contributed by atoms with Crippen LogP contribution in [-0.4, -0.2) is 23.0 Å². The van der Waals surface area contributed by atoms with Crippen molar-refractivity contribution in [2.24, 2.45) is 0 Å². The van der Waals surface area contributed by atoms with Gasteiger partial charge in [-0.25, -0.2) is 22.8 Å². The van der Waals surface area contributed by atoms with Crippen LogP contribution >= 0.6 is 0 Å². The number of nitrogens with two attached hydrogens (primary N) is 1. The summed E-state index contributed by atoms with van der Waals surface area (Å²) in [6, 6.07) is 19.7. The Labute approximate surface area is 196 Å². The summed E-state index contributed by atoms with van der Waals surface area (Å²) in [5.74, 6) is -0.126. The molecule has 0 aliphatic carbocycles. The van der Waals surface area contributed by atoms with E-state index < -0.39 is 15.7 Å². The normalized spacial score (nSPS) is 12.9. The molecule has 2 heterocycles.